The summed E-state index contributed by atoms with van der Waals surface area (Å²) in [5.74, 6) is 0. The van der Waals surface area contributed by atoms with Crippen molar-refractivity contribution >= 4 is 21.6 Å². The van der Waals surface area contributed by atoms with Crippen molar-refractivity contribution in [3.63, 3.8) is 0 Å². The zero-order valence-electron chi connectivity index (χ0n) is 10.4. The van der Waals surface area contributed by atoms with Crippen LogP contribution in [-0.2, 0) is 15.7 Å². The molecule has 0 spiro atoms. The van der Waals surface area contributed by atoms with Gasteiger partial charge in [-0.25, -0.2) is 0 Å². The van der Waals surface area contributed by atoms with Crippen LogP contribution in [0.2, 0.25) is 0 Å². The van der Waals surface area contributed by atoms with Gasteiger partial charge in [-0.15, -0.1) is 0 Å². The minimum atomic E-state index is -4.35. The molecule has 0 atom stereocenters. The number of ether oxygens (including phenoxy) is 2. The highest BCUT2D eigenvalue weighted by Gasteiger charge is 2.31. The van der Waals surface area contributed by atoms with Gasteiger partial charge in [-0.05, 0) is 18.2 Å². The Labute approximate surface area is 118 Å². The Balaban J connectivity index is 2.48. The van der Waals surface area contributed by atoms with E-state index in [0.29, 0.717) is 36.5 Å². The first kappa shape index (κ1) is 16.3. The maximum Gasteiger partial charge on any atom is 0.416 e. The largest absolute Gasteiger partial charge is 0.416 e. The van der Waals surface area contributed by atoms with Gasteiger partial charge in [-0.3, -0.25) is 0 Å². The molecule has 0 aliphatic carbocycles. The molecule has 1 N–H and O–H groups in total. The third kappa shape index (κ3) is 6.26. The number of halogens is 4. The van der Waals surface area contributed by atoms with Gasteiger partial charge in [0.05, 0.1) is 25.4 Å². The van der Waals surface area contributed by atoms with Crippen molar-refractivity contribution in [2.45, 2.75) is 6.18 Å². The molecule has 1 aromatic rings. The molecule has 19 heavy (non-hydrogen) atoms. The Morgan fingerprint density at radius 2 is 1.89 bits per heavy atom. The molecule has 0 saturated heterocycles. The maximum atomic E-state index is 12.6. The van der Waals surface area contributed by atoms with Crippen LogP contribution in [0.4, 0.5) is 18.9 Å². The van der Waals surface area contributed by atoms with Gasteiger partial charge >= 0.3 is 6.18 Å². The van der Waals surface area contributed by atoms with Crippen molar-refractivity contribution in [3.05, 3.63) is 28.2 Å². The fraction of sp³-hybridized carbons (Fsp3) is 0.500. The molecule has 7 heteroatoms. The zero-order chi connectivity index (χ0) is 14.3. The standard InChI is InChI=1S/C12H15BrF3NO2/c1-18-4-5-19-3-2-17-11-7-9(12(14,15)16)6-10(13)8-11/h6-8,17H,2-5H2,1H3. The summed E-state index contributed by atoms with van der Waals surface area (Å²) >= 11 is 3.06. The van der Waals surface area contributed by atoms with Crippen molar-refractivity contribution in [2.75, 3.05) is 38.8 Å². The molecular weight excluding hydrogens is 327 g/mol. The summed E-state index contributed by atoms with van der Waals surface area (Å²) < 4.78 is 48.1. The fourth-order valence-electron chi connectivity index (χ4n) is 1.37. The van der Waals surface area contributed by atoms with E-state index >= 15 is 0 Å². The first-order valence-electron chi connectivity index (χ1n) is 5.62. The van der Waals surface area contributed by atoms with E-state index in [1.165, 1.54) is 0 Å². The molecule has 0 heterocycles. The van der Waals surface area contributed by atoms with Crippen molar-refractivity contribution in [1.82, 2.24) is 0 Å². The molecule has 0 unspecified atom stereocenters. The van der Waals surface area contributed by atoms with Crippen LogP contribution < -0.4 is 5.32 Å². The van der Waals surface area contributed by atoms with Gasteiger partial charge in [0.2, 0.25) is 0 Å². The van der Waals surface area contributed by atoms with Gasteiger partial charge in [0.15, 0.2) is 0 Å². The van der Waals surface area contributed by atoms with Crippen LogP contribution in [0, 0.1) is 0 Å². The van der Waals surface area contributed by atoms with Gasteiger partial charge in [-0.1, -0.05) is 15.9 Å². The summed E-state index contributed by atoms with van der Waals surface area (Å²) in [6.45, 7) is 1.79. The normalized spacial score (nSPS) is 11.6. The predicted octanol–water partition coefficient (Wildman–Crippen LogP) is 3.54. The molecule has 0 radical (unpaired) electrons. The third-order valence-corrected chi connectivity index (χ3v) is 2.69. The molecule has 0 saturated carbocycles. The van der Waals surface area contributed by atoms with Crippen LogP contribution in [0.25, 0.3) is 0 Å². The molecule has 0 amide bonds. The minimum absolute atomic E-state index is 0.380. The van der Waals surface area contributed by atoms with Gasteiger partial charge in [-0.2, -0.15) is 13.2 Å². The molecule has 3 nitrogen and oxygen atoms in total. The average Bonchev–Trinajstić information content (AvgIpc) is 2.32. The highest BCUT2D eigenvalue weighted by atomic mass is 79.9. The van der Waals surface area contributed by atoms with E-state index in [-0.39, 0.29) is 0 Å². The molecule has 0 aliphatic heterocycles. The average molecular weight is 342 g/mol. The van der Waals surface area contributed by atoms with Crippen LogP contribution in [-0.4, -0.2) is 33.5 Å². The molecule has 1 aromatic carbocycles. The quantitative estimate of drug-likeness (QED) is 0.769. The number of anilines is 1. The Hall–Kier alpha value is -0.790. The van der Waals surface area contributed by atoms with E-state index in [1.54, 1.807) is 13.2 Å². The fourth-order valence-corrected chi connectivity index (χ4v) is 1.86. The lowest BCUT2D eigenvalue weighted by atomic mass is 10.2. The monoisotopic (exact) mass is 341 g/mol. The summed E-state index contributed by atoms with van der Waals surface area (Å²) in [6.07, 6.45) is -4.35. The number of hydrogen-bond donors (Lipinski definition) is 1. The van der Waals surface area contributed by atoms with E-state index in [0.717, 1.165) is 12.1 Å². The third-order valence-electron chi connectivity index (χ3n) is 2.23. The minimum Gasteiger partial charge on any atom is -0.383 e. The Morgan fingerprint density at radius 3 is 2.53 bits per heavy atom. The molecule has 0 aliphatic rings. The molecule has 0 aromatic heterocycles. The van der Waals surface area contributed by atoms with Crippen LogP contribution in [0.15, 0.2) is 22.7 Å². The van der Waals surface area contributed by atoms with Crippen molar-refractivity contribution in [3.8, 4) is 0 Å². The number of nitrogens with one attached hydrogen (secondary N) is 1. The summed E-state index contributed by atoms with van der Waals surface area (Å²) in [4.78, 5) is 0. The highest BCUT2D eigenvalue weighted by molar-refractivity contribution is 9.10. The number of alkyl halides is 3. The van der Waals surface area contributed by atoms with Gasteiger partial charge in [0.1, 0.15) is 0 Å². The highest BCUT2D eigenvalue weighted by Crippen LogP contribution is 2.33. The van der Waals surface area contributed by atoms with Crippen LogP contribution >= 0.6 is 15.9 Å². The Bertz CT molecular complexity index is 399. The number of hydrogen-bond acceptors (Lipinski definition) is 3. The Morgan fingerprint density at radius 1 is 1.16 bits per heavy atom. The van der Waals surface area contributed by atoms with E-state index < -0.39 is 11.7 Å². The van der Waals surface area contributed by atoms with Crippen molar-refractivity contribution < 1.29 is 22.6 Å². The summed E-state index contributed by atoms with van der Waals surface area (Å²) in [7, 11) is 1.57. The van der Waals surface area contributed by atoms with E-state index in [4.69, 9.17) is 9.47 Å². The summed E-state index contributed by atoms with van der Waals surface area (Å²) in [5, 5.41) is 2.88. The Kier molecular flexibility index (Phi) is 6.60. The van der Waals surface area contributed by atoms with Gasteiger partial charge in [0.25, 0.3) is 0 Å². The van der Waals surface area contributed by atoms with E-state index in [1.807, 2.05) is 0 Å². The van der Waals surface area contributed by atoms with Gasteiger partial charge < -0.3 is 14.8 Å². The van der Waals surface area contributed by atoms with Crippen molar-refractivity contribution in [2.24, 2.45) is 0 Å². The number of methoxy groups -OCH3 is 1. The SMILES string of the molecule is COCCOCCNc1cc(Br)cc(C(F)(F)F)c1. The van der Waals surface area contributed by atoms with Crippen LogP contribution in [0.1, 0.15) is 5.56 Å². The molecule has 108 valence electrons. The van der Waals surface area contributed by atoms with E-state index in [9.17, 15) is 13.2 Å². The molecule has 1 rings (SSSR count). The first-order valence-corrected chi connectivity index (χ1v) is 6.41. The van der Waals surface area contributed by atoms with E-state index in [2.05, 4.69) is 21.2 Å². The number of benzene rings is 1. The predicted molar refractivity (Wildman–Crippen MR) is 70.3 cm³/mol. The van der Waals surface area contributed by atoms with Gasteiger partial charge in [0, 0.05) is 23.8 Å². The van der Waals surface area contributed by atoms with Crippen molar-refractivity contribution in [1.29, 1.82) is 0 Å². The number of rotatable bonds is 7. The first-order chi connectivity index (χ1) is 8.93. The second-order valence-electron chi connectivity index (χ2n) is 3.76. The second kappa shape index (κ2) is 7.72. The molecule has 0 fully saturated rings. The lowest BCUT2D eigenvalue weighted by Gasteiger charge is -2.12. The lowest BCUT2D eigenvalue weighted by Crippen LogP contribution is -2.13. The second-order valence-corrected chi connectivity index (χ2v) is 4.67. The topological polar surface area (TPSA) is 30.5 Å². The molecular formula is C12H15BrF3NO2. The molecule has 0 bridgehead atoms. The van der Waals surface area contributed by atoms with Crippen LogP contribution in [0.5, 0.6) is 0 Å². The zero-order valence-corrected chi connectivity index (χ0v) is 12.0. The van der Waals surface area contributed by atoms with Crippen LogP contribution in [0.3, 0.4) is 0 Å². The lowest BCUT2D eigenvalue weighted by molar-refractivity contribution is -0.137. The smallest absolute Gasteiger partial charge is 0.383 e. The summed E-state index contributed by atoms with van der Waals surface area (Å²) in [6, 6.07) is 3.70. The maximum absolute atomic E-state index is 12.6. The summed E-state index contributed by atoms with van der Waals surface area (Å²) in [5.41, 5.74) is -0.290.